The van der Waals surface area contributed by atoms with Gasteiger partial charge in [0.2, 0.25) is 0 Å². The van der Waals surface area contributed by atoms with E-state index >= 15 is 0 Å². The molecule has 1 aliphatic carbocycles. The van der Waals surface area contributed by atoms with E-state index in [-0.39, 0.29) is 24.0 Å². The average Bonchev–Trinajstić information content (AvgIpc) is 2.81. The number of guanidine groups is 1. The Morgan fingerprint density at radius 3 is 2.48 bits per heavy atom. The van der Waals surface area contributed by atoms with Crippen molar-refractivity contribution in [1.82, 2.24) is 15.8 Å². The van der Waals surface area contributed by atoms with Gasteiger partial charge in [-0.05, 0) is 57.8 Å². The molecule has 0 atom stereocenters. The van der Waals surface area contributed by atoms with Gasteiger partial charge in [-0.25, -0.2) is 0 Å². The van der Waals surface area contributed by atoms with Crippen LogP contribution < -0.4 is 10.6 Å². The zero-order chi connectivity index (χ0) is 17.6. The molecule has 0 unspecified atom stereocenters. The zero-order valence-corrected chi connectivity index (χ0v) is 18.8. The van der Waals surface area contributed by atoms with Gasteiger partial charge in [-0.15, -0.1) is 24.0 Å². The summed E-state index contributed by atoms with van der Waals surface area (Å²) in [5.74, 6) is 2.59. The van der Waals surface area contributed by atoms with E-state index in [4.69, 9.17) is 9.52 Å². The molecular formula is C19H35IN4O. The fourth-order valence-electron chi connectivity index (χ4n) is 3.72. The summed E-state index contributed by atoms with van der Waals surface area (Å²) in [6.07, 6.45) is 6.20. The maximum Gasteiger partial charge on any atom is 0.191 e. The molecule has 1 aromatic heterocycles. The molecule has 1 heterocycles. The maximum atomic E-state index is 5.23. The molecule has 0 bridgehead atoms. The minimum absolute atomic E-state index is 0. The van der Waals surface area contributed by atoms with Crippen molar-refractivity contribution in [2.24, 2.45) is 16.3 Å². The molecule has 0 aliphatic heterocycles. The van der Waals surface area contributed by atoms with E-state index in [1.165, 1.54) is 31.2 Å². The Bertz CT molecular complexity index is 530. The summed E-state index contributed by atoms with van der Waals surface area (Å²) in [6, 6.07) is 0. The molecule has 1 aliphatic rings. The minimum atomic E-state index is 0. The maximum absolute atomic E-state index is 5.23. The first-order valence-corrected chi connectivity index (χ1v) is 9.40. The van der Waals surface area contributed by atoms with Crippen molar-refractivity contribution in [3.05, 3.63) is 17.0 Å². The smallest absolute Gasteiger partial charge is 0.191 e. The van der Waals surface area contributed by atoms with Crippen molar-refractivity contribution < 1.29 is 4.52 Å². The lowest BCUT2D eigenvalue weighted by Gasteiger charge is -2.42. The Morgan fingerprint density at radius 2 is 2.00 bits per heavy atom. The van der Waals surface area contributed by atoms with E-state index in [0.29, 0.717) is 5.41 Å². The highest BCUT2D eigenvalue weighted by atomic mass is 127. The SMILES string of the molecule is CCNC(=NCC1(CC(C)C)CCC1)NCCc1c(C)noc1C.I. The summed E-state index contributed by atoms with van der Waals surface area (Å²) in [4.78, 5) is 4.88. The van der Waals surface area contributed by atoms with Crippen molar-refractivity contribution in [2.75, 3.05) is 19.6 Å². The van der Waals surface area contributed by atoms with Crippen molar-refractivity contribution in [3.63, 3.8) is 0 Å². The summed E-state index contributed by atoms with van der Waals surface area (Å²) >= 11 is 0. The van der Waals surface area contributed by atoms with Crippen molar-refractivity contribution in [2.45, 2.75) is 66.7 Å². The summed E-state index contributed by atoms with van der Waals surface area (Å²) in [7, 11) is 0. The van der Waals surface area contributed by atoms with Crippen LogP contribution in [-0.4, -0.2) is 30.8 Å². The number of hydrogen-bond donors (Lipinski definition) is 2. The van der Waals surface area contributed by atoms with Crippen LogP contribution in [0.25, 0.3) is 0 Å². The van der Waals surface area contributed by atoms with Gasteiger partial charge in [0.1, 0.15) is 5.76 Å². The number of aryl methyl sites for hydroxylation is 2. The van der Waals surface area contributed by atoms with E-state index in [9.17, 15) is 0 Å². The third kappa shape index (κ3) is 6.46. The monoisotopic (exact) mass is 462 g/mol. The molecule has 25 heavy (non-hydrogen) atoms. The molecule has 0 radical (unpaired) electrons. The van der Waals surface area contributed by atoms with Crippen LogP contribution in [0.4, 0.5) is 0 Å². The Kier molecular flexibility index (Phi) is 9.24. The molecule has 2 N–H and O–H groups in total. The lowest BCUT2D eigenvalue weighted by molar-refractivity contribution is 0.111. The second-order valence-electron chi connectivity index (χ2n) is 7.63. The summed E-state index contributed by atoms with van der Waals surface area (Å²) in [5, 5.41) is 10.8. The molecule has 144 valence electrons. The molecule has 0 amide bonds. The molecule has 6 heteroatoms. The lowest BCUT2D eigenvalue weighted by Crippen LogP contribution is -2.41. The zero-order valence-electron chi connectivity index (χ0n) is 16.4. The Hall–Kier alpha value is -0.790. The van der Waals surface area contributed by atoms with Crippen LogP contribution in [-0.2, 0) is 6.42 Å². The van der Waals surface area contributed by atoms with Gasteiger partial charge in [-0.1, -0.05) is 25.4 Å². The first kappa shape index (κ1) is 22.3. The largest absolute Gasteiger partial charge is 0.361 e. The van der Waals surface area contributed by atoms with Gasteiger partial charge in [0.15, 0.2) is 5.96 Å². The van der Waals surface area contributed by atoms with Crippen LogP contribution in [0.15, 0.2) is 9.52 Å². The average molecular weight is 462 g/mol. The van der Waals surface area contributed by atoms with E-state index in [0.717, 1.165) is 49.4 Å². The highest BCUT2D eigenvalue weighted by Crippen LogP contribution is 2.46. The quantitative estimate of drug-likeness (QED) is 0.345. The second kappa shape index (κ2) is 10.4. The molecule has 5 nitrogen and oxygen atoms in total. The number of hydrogen-bond acceptors (Lipinski definition) is 3. The third-order valence-electron chi connectivity index (χ3n) is 5.02. The fourth-order valence-corrected chi connectivity index (χ4v) is 3.72. The predicted octanol–water partition coefficient (Wildman–Crippen LogP) is 4.22. The van der Waals surface area contributed by atoms with Crippen LogP contribution in [0.1, 0.15) is 63.5 Å². The van der Waals surface area contributed by atoms with Crippen LogP contribution in [0.3, 0.4) is 0 Å². The topological polar surface area (TPSA) is 62.5 Å². The number of aliphatic imine (C=N–C) groups is 1. The van der Waals surface area contributed by atoms with Gasteiger partial charge in [0, 0.05) is 25.2 Å². The molecule has 0 spiro atoms. The molecule has 0 aromatic carbocycles. The minimum Gasteiger partial charge on any atom is -0.361 e. The van der Waals surface area contributed by atoms with E-state index in [2.05, 4.69) is 36.6 Å². The fraction of sp³-hybridized carbons (Fsp3) is 0.789. The van der Waals surface area contributed by atoms with Gasteiger partial charge >= 0.3 is 0 Å². The Labute approximate surface area is 169 Å². The van der Waals surface area contributed by atoms with Gasteiger partial charge in [-0.3, -0.25) is 4.99 Å². The van der Waals surface area contributed by atoms with E-state index in [1.54, 1.807) is 0 Å². The summed E-state index contributed by atoms with van der Waals surface area (Å²) in [6.45, 7) is 13.4. The van der Waals surface area contributed by atoms with Crippen molar-refractivity contribution in [1.29, 1.82) is 0 Å². The second-order valence-corrected chi connectivity index (χ2v) is 7.63. The van der Waals surface area contributed by atoms with E-state index < -0.39 is 0 Å². The standard InChI is InChI=1S/C19H34N4O.HI/c1-6-20-18(21-11-8-17-15(4)23-24-16(17)5)22-13-19(9-7-10-19)12-14(2)3;/h14H,6-13H2,1-5H3,(H2,20,21,22);1H. The summed E-state index contributed by atoms with van der Waals surface area (Å²) in [5.41, 5.74) is 2.63. The highest BCUT2D eigenvalue weighted by Gasteiger charge is 2.37. The molecule has 1 aromatic rings. The van der Waals surface area contributed by atoms with Gasteiger partial charge in [0.05, 0.1) is 5.69 Å². The molecule has 0 saturated heterocycles. The number of halogens is 1. The molecular weight excluding hydrogens is 427 g/mol. The third-order valence-corrected chi connectivity index (χ3v) is 5.02. The molecule has 2 rings (SSSR count). The van der Waals surface area contributed by atoms with Crippen molar-refractivity contribution >= 4 is 29.9 Å². The van der Waals surface area contributed by atoms with Crippen LogP contribution in [0, 0.1) is 25.2 Å². The Balaban J connectivity index is 0.00000312. The number of aromatic nitrogens is 1. The van der Waals surface area contributed by atoms with E-state index in [1.807, 2.05) is 13.8 Å². The normalized spacial score (nSPS) is 16.3. The molecule has 1 fully saturated rings. The summed E-state index contributed by atoms with van der Waals surface area (Å²) < 4.78 is 5.23. The van der Waals surface area contributed by atoms with Crippen molar-refractivity contribution in [3.8, 4) is 0 Å². The van der Waals surface area contributed by atoms with Crippen LogP contribution in [0.5, 0.6) is 0 Å². The first-order valence-electron chi connectivity index (χ1n) is 9.40. The number of nitrogens with zero attached hydrogens (tertiary/aromatic N) is 2. The van der Waals surface area contributed by atoms with Gasteiger partial charge in [0.25, 0.3) is 0 Å². The van der Waals surface area contributed by atoms with Crippen LogP contribution >= 0.6 is 24.0 Å². The first-order chi connectivity index (χ1) is 11.5. The number of nitrogens with one attached hydrogen (secondary N) is 2. The number of rotatable bonds is 8. The van der Waals surface area contributed by atoms with Gasteiger partial charge < -0.3 is 15.2 Å². The van der Waals surface area contributed by atoms with Crippen LogP contribution in [0.2, 0.25) is 0 Å². The predicted molar refractivity (Wildman–Crippen MR) is 115 cm³/mol. The highest BCUT2D eigenvalue weighted by molar-refractivity contribution is 14.0. The molecule has 1 saturated carbocycles. The Morgan fingerprint density at radius 1 is 1.28 bits per heavy atom. The van der Waals surface area contributed by atoms with Gasteiger partial charge in [-0.2, -0.15) is 0 Å². The lowest BCUT2D eigenvalue weighted by atomic mass is 9.64.